The molecule has 2 amide bonds. The first-order valence-corrected chi connectivity index (χ1v) is 12.4. The number of rotatable bonds is 7. The molecule has 1 saturated carbocycles. The second-order valence-corrected chi connectivity index (χ2v) is 9.19. The van der Waals surface area contributed by atoms with Crippen LogP contribution in [-0.4, -0.2) is 98.4 Å². The molecule has 8 nitrogen and oxygen atoms in total. The number of piperazine rings is 1. The molecule has 2 N–H and O–H groups in total. The van der Waals surface area contributed by atoms with Gasteiger partial charge < -0.3 is 20.4 Å². The maximum Gasteiger partial charge on any atom is 0.225 e. The maximum atomic E-state index is 12.6. The quantitative estimate of drug-likeness (QED) is 0.464. The van der Waals surface area contributed by atoms with Gasteiger partial charge >= 0.3 is 0 Å². The Morgan fingerprint density at radius 2 is 1.61 bits per heavy atom. The lowest BCUT2D eigenvalue weighted by atomic mass is 9.93. The number of likely N-dealkylation sites (tertiary alicyclic amines) is 1. The lowest BCUT2D eigenvalue weighted by molar-refractivity contribution is -0.137. The fourth-order valence-electron chi connectivity index (χ4n) is 5.06. The molecule has 0 unspecified atom stereocenters. The van der Waals surface area contributed by atoms with E-state index < -0.39 is 0 Å². The minimum Gasteiger partial charge on any atom is -0.359 e. The number of guanidine groups is 1. The number of aliphatic imine (C=N–C) groups is 1. The van der Waals surface area contributed by atoms with E-state index >= 15 is 0 Å². The molecule has 0 spiro atoms. The summed E-state index contributed by atoms with van der Waals surface area (Å²) < 4.78 is 0. The van der Waals surface area contributed by atoms with Crippen LogP contribution in [-0.2, 0) is 9.59 Å². The minimum atomic E-state index is 0.143. The van der Waals surface area contributed by atoms with Crippen molar-refractivity contribution in [2.24, 2.45) is 16.8 Å². The predicted molar refractivity (Wildman–Crippen MR) is 124 cm³/mol. The molecule has 0 aromatic carbocycles. The van der Waals surface area contributed by atoms with E-state index in [1.807, 2.05) is 0 Å². The summed E-state index contributed by atoms with van der Waals surface area (Å²) in [7, 11) is 1.71. The van der Waals surface area contributed by atoms with Crippen molar-refractivity contribution >= 4 is 17.8 Å². The Balaban J connectivity index is 1.39. The molecule has 2 saturated heterocycles. The zero-order chi connectivity index (χ0) is 22.1. The first-order chi connectivity index (χ1) is 15.1. The summed E-state index contributed by atoms with van der Waals surface area (Å²) in [5.41, 5.74) is 0. The number of carbonyl (C=O) groups excluding carboxylic acids is 2. The molecule has 3 rings (SSSR count). The van der Waals surface area contributed by atoms with Crippen LogP contribution in [0.5, 0.6) is 0 Å². The number of hydrogen-bond donors (Lipinski definition) is 2. The molecule has 0 aromatic heterocycles. The van der Waals surface area contributed by atoms with E-state index in [4.69, 9.17) is 4.99 Å². The lowest BCUT2D eigenvalue weighted by Gasteiger charge is -2.36. The zero-order valence-corrected chi connectivity index (χ0v) is 19.6. The van der Waals surface area contributed by atoms with Crippen molar-refractivity contribution in [3.05, 3.63) is 0 Å². The summed E-state index contributed by atoms with van der Waals surface area (Å²) >= 11 is 0. The number of hydrogen-bond acceptors (Lipinski definition) is 4. The number of carbonyl (C=O) groups is 2. The van der Waals surface area contributed by atoms with Crippen LogP contribution in [0.15, 0.2) is 4.99 Å². The SMILES string of the molecule is CCNC(=NCCN1CCN(C(=O)C2CCCC2)CC1)N1CCC(CC(=O)NC)CC1. The normalized spacial score (nSPS) is 22.1. The fourth-order valence-corrected chi connectivity index (χ4v) is 5.06. The Bertz CT molecular complexity index is 603. The first-order valence-electron chi connectivity index (χ1n) is 12.4. The molecular formula is C23H42N6O2. The third-order valence-corrected chi connectivity index (χ3v) is 7.07. The molecule has 0 bridgehead atoms. The van der Waals surface area contributed by atoms with Gasteiger partial charge in [0.1, 0.15) is 0 Å². The Morgan fingerprint density at radius 1 is 0.935 bits per heavy atom. The number of nitrogens with zero attached hydrogens (tertiary/aromatic N) is 4. The van der Waals surface area contributed by atoms with Gasteiger partial charge in [0.15, 0.2) is 5.96 Å². The Hall–Kier alpha value is -1.83. The average molecular weight is 435 g/mol. The lowest BCUT2D eigenvalue weighted by Crippen LogP contribution is -2.50. The third kappa shape index (κ3) is 7.09. The monoisotopic (exact) mass is 434 g/mol. The minimum absolute atomic E-state index is 0.143. The van der Waals surface area contributed by atoms with Crippen molar-refractivity contribution in [1.82, 2.24) is 25.3 Å². The molecule has 0 atom stereocenters. The highest BCUT2D eigenvalue weighted by Gasteiger charge is 2.29. The smallest absolute Gasteiger partial charge is 0.225 e. The molecule has 1 aliphatic carbocycles. The Morgan fingerprint density at radius 3 is 2.23 bits per heavy atom. The van der Waals surface area contributed by atoms with E-state index in [-0.39, 0.29) is 5.91 Å². The van der Waals surface area contributed by atoms with Gasteiger partial charge in [-0.25, -0.2) is 0 Å². The van der Waals surface area contributed by atoms with Crippen molar-refractivity contribution in [1.29, 1.82) is 0 Å². The second-order valence-electron chi connectivity index (χ2n) is 9.19. The second kappa shape index (κ2) is 12.3. The number of amides is 2. The molecule has 3 fully saturated rings. The average Bonchev–Trinajstić information content (AvgIpc) is 3.34. The molecule has 176 valence electrons. The van der Waals surface area contributed by atoms with Crippen LogP contribution in [0.1, 0.15) is 51.9 Å². The van der Waals surface area contributed by atoms with Gasteiger partial charge in [-0.05, 0) is 38.5 Å². The molecule has 31 heavy (non-hydrogen) atoms. The Labute approximate surface area is 187 Å². The Kier molecular flexibility index (Phi) is 9.43. The summed E-state index contributed by atoms with van der Waals surface area (Å²) in [5, 5.41) is 6.17. The van der Waals surface area contributed by atoms with Crippen molar-refractivity contribution in [3.63, 3.8) is 0 Å². The van der Waals surface area contributed by atoms with E-state index in [1.165, 1.54) is 12.8 Å². The summed E-state index contributed by atoms with van der Waals surface area (Å²) in [6, 6.07) is 0. The van der Waals surface area contributed by atoms with Gasteiger partial charge in [0.25, 0.3) is 0 Å². The van der Waals surface area contributed by atoms with Crippen molar-refractivity contribution < 1.29 is 9.59 Å². The van der Waals surface area contributed by atoms with Crippen molar-refractivity contribution in [3.8, 4) is 0 Å². The van der Waals surface area contributed by atoms with Gasteiger partial charge in [0.2, 0.25) is 11.8 Å². The van der Waals surface area contributed by atoms with Gasteiger partial charge in [-0.1, -0.05) is 12.8 Å². The zero-order valence-electron chi connectivity index (χ0n) is 19.6. The molecule has 8 heteroatoms. The van der Waals surface area contributed by atoms with Crippen LogP contribution in [0.25, 0.3) is 0 Å². The number of piperidine rings is 1. The standard InChI is InChI=1S/C23H42N6O2/c1-3-25-23(29-11-8-19(9-12-29)18-21(30)24-2)26-10-13-27-14-16-28(17-15-27)22(31)20-6-4-5-7-20/h19-20H,3-18H2,1-2H3,(H,24,30)(H,25,26). The summed E-state index contributed by atoms with van der Waals surface area (Å²) in [4.78, 5) is 36.0. The summed E-state index contributed by atoms with van der Waals surface area (Å²) in [6.07, 6.45) is 7.31. The van der Waals surface area contributed by atoms with Crippen molar-refractivity contribution in [2.75, 3.05) is 66.0 Å². The van der Waals surface area contributed by atoms with Crippen LogP contribution in [0.4, 0.5) is 0 Å². The van der Waals surface area contributed by atoms with Gasteiger partial charge in [0.05, 0.1) is 6.54 Å². The van der Waals surface area contributed by atoms with Gasteiger partial charge in [-0.2, -0.15) is 0 Å². The van der Waals surface area contributed by atoms with E-state index in [0.717, 1.165) is 90.5 Å². The molecule has 2 aliphatic heterocycles. The predicted octanol–water partition coefficient (Wildman–Crippen LogP) is 1.13. The molecule has 3 aliphatic rings. The van der Waals surface area contributed by atoms with E-state index in [0.29, 0.717) is 24.2 Å². The van der Waals surface area contributed by atoms with E-state index in [1.54, 1.807) is 7.05 Å². The summed E-state index contributed by atoms with van der Waals surface area (Å²) in [6.45, 7) is 10.2. The molecule has 0 aromatic rings. The van der Waals surface area contributed by atoms with Crippen LogP contribution < -0.4 is 10.6 Å². The van der Waals surface area contributed by atoms with E-state index in [9.17, 15) is 9.59 Å². The maximum absolute atomic E-state index is 12.6. The van der Waals surface area contributed by atoms with Gasteiger partial charge in [-0.15, -0.1) is 0 Å². The van der Waals surface area contributed by atoms with Gasteiger partial charge in [-0.3, -0.25) is 19.5 Å². The van der Waals surface area contributed by atoms with Crippen LogP contribution in [0.3, 0.4) is 0 Å². The highest BCUT2D eigenvalue weighted by atomic mass is 16.2. The van der Waals surface area contributed by atoms with E-state index in [2.05, 4.69) is 32.3 Å². The largest absolute Gasteiger partial charge is 0.359 e. The third-order valence-electron chi connectivity index (χ3n) is 7.07. The first kappa shape index (κ1) is 23.8. The van der Waals surface area contributed by atoms with Crippen molar-refractivity contribution in [2.45, 2.75) is 51.9 Å². The van der Waals surface area contributed by atoms with Crippen LogP contribution in [0.2, 0.25) is 0 Å². The summed E-state index contributed by atoms with van der Waals surface area (Å²) in [5.74, 6) is 2.30. The van der Waals surface area contributed by atoms with Gasteiger partial charge in [0, 0.05) is 71.7 Å². The molecule has 2 heterocycles. The highest BCUT2D eigenvalue weighted by Crippen LogP contribution is 2.27. The number of nitrogens with one attached hydrogen (secondary N) is 2. The molecular weight excluding hydrogens is 392 g/mol. The van der Waals surface area contributed by atoms with Crippen LogP contribution >= 0.6 is 0 Å². The topological polar surface area (TPSA) is 80.3 Å². The van der Waals surface area contributed by atoms with Crippen LogP contribution in [0, 0.1) is 11.8 Å². The highest BCUT2D eigenvalue weighted by molar-refractivity contribution is 5.80. The molecule has 0 radical (unpaired) electrons. The fraction of sp³-hybridized carbons (Fsp3) is 0.870.